The molecule has 1 atom stereocenters. The Kier molecular flexibility index (Phi) is 9.18. The number of nitrogens with one attached hydrogen (secondary N) is 1. The lowest BCUT2D eigenvalue weighted by molar-refractivity contribution is -0.154. The van der Waals surface area contributed by atoms with Crippen LogP contribution in [0, 0.1) is 5.41 Å². The topological polar surface area (TPSA) is 114 Å². The predicted molar refractivity (Wildman–Crippen MR) is 157 cm³/mol. The van der Waals surface area contributed by atoms with Gasteiger partial charge < -0.3 is 19.1 Å². The molecule has 1 spiro atoms. The van der Waals surface area contributed by atoms with Crippen molar-refractivity contribution in [1.29, 1.82) is 0 Å². The van der Waals surface area contributed by atoms with Gasteiger partial charge in [0.05, 0.1) is 17.6 Å². The van der Waals surface area contributed by atoms with Crippen LogP contribution in [-0.2, 0) is 23.8 Å². The molecule has 2 amide bonds. The summed E-state index contributed by atoms with van der Waals surface area (Å²) < 4.78 is 16.1. The van der Waals surface area contributed by atoms with Crippen LogP contribution in [0.3, 0.4) is 0 Å². The highest BCUT2D eigenvalue weighted by Gasteiger charge is 2.54. The van der Waals surface area contributed by atoms with Crippen LogP contribution in [0.15, 0.2) is 12.1 Å². The van der Waals surface area contributed by atoms with Crippen molar-refractivity contribution in [3.63, 3.8) is 0 Å². The van der Waals surface area contributed by atoms with Crippen LogP contribution in [0.5, 0.6) is 0 Å². The van der Waals surface area contributed by atoms with Crippen LogP contribution in [0.4, 0.5) is 9.80 Å². The monoisotopic (exact) mass is 589 g/mol. The first-order valence-electron chi connectivity index (χ1n) is 14.5. The van der Waals surface area contributed by atoms with Crippen LogP contribution < -0.4 is 5.32 Å². The van der Waals surface area contributed by atoms with Crippen molar-refractivity contribution in [2.75, 3.05) is 38.1 Å². The molecule has 1 aromatic heterocycles. The predicted octanol–water partition coefficient (Wildman–Crippen LogP) is 5.08. The number of likely N-dealkylation sites (tertiary alicyclic amines) is 2. The third-order valence-corrected chi connectivity index (χ3v) is 8.72. The van der Waals surface area contributed by atoms with Gasteiger partial charge in [-0.05, 0) is 85.9 Å². The molecule has 3 aliphatic rings. The number of rotatable bonds is 6. The lowest BCUT2D eigenvalue weighted by atomic mass is 9.74. The number of esters is 2. The maximum atomic E-state index is 13.7. The summed E-state index contributed by atoms with van der Waals surface area (Å²) in [5, 5.41) is 3.10. The molecule has 4 rings (SSSR count). The number of hydrogen-bond donors (Lipinski definition) is 1. The lowest BCUT2D eigenvalue weighted by Gasteiger charge is -2.44. The van der Waals surface area contributed by atoms with E-state index in [1.807, 2.05) is 18.7 Å². The molecule has 0 bridgehead atoms. The zero-order chi connectivity index (χ0) is 30.0. The van der Waals surface area contributed by atoms with E-state index in [0.717, 1.165) is 38.6 Å². The summed E-state index contributed by atoms with van der Waals surface area (Å²) in [6.07, 6.45) is 6.39. The average molecular weight is 590 g/mol. The number of anilines is 1. The van der Waals surface area contributed by atoms with Crippen molar-refractivity contribution in [3.8, 4) is 0 Å². The highest BCUT2D eigenvalue weighted by Crippen LogP contribution is 2.46. The van der Waals surface area contributed by atoms with Crippen LogP contribution >= 0.6 is 11.3 Å². The van der Waals surface area contributed by atoms with E-state index < -0.39 is 28.7 Å². The largest absolute Gasteiger partial charge is 0.463 e. The molecule has 3 aliphatic heterocycles. The molecule has 1 unspecified atom stereocenters. The molecule has 3 fully saturated rings. The van der Waals surface area contributed by atoms with Crippen molar-refractivity contribution >= 4 is 46.4 Å². The zero-order valence-electron chi connectivity index (χ0n) is 25.0. The van der Waals surface area contributed by atoms with E-state index in [9.17, 15) is 19.2 Å². The summed E-state index contributed by atoms with van der Waals surface area (Å²) in [5.41, 5.74) is -1.19. The Bertz CT molecular complexity index is 1190. The van der Waals surface area contributed by atoms with Crippen molar-refractivity contribution in [1.82, 2.24) is 9.80 Å². The number of carbonyl (C=O) groups excluding carboxylic acids is 4. The van der Waals surface area contributed by atoms with E-state index >= 15 is 0 Å². The van der Waals surface area contributed by atoms with Crippen LogP contribution in [-0.4, -0.2) is 83.8 Å². The zero-order valence-corrected chi connectivity index (χ0v) is 25.9. The smallest absolute Gasteiger partial charge is 0.412 e. The first kappa shape index (κ1) is 31.0. The lowest BCUT2D eigenvalue weighted by Crippen LogP contribution is -2.53. The Morgan fingerprint density at radius 3 is 2.51 bits per heavy atom. The quantitative estimate of drug-likeness (QED) is 0.278. The molecule has 1 aromatic rings. The van der Waals surface area contributed by atoms with Crippen LogP contribution in [0.1, 0.15) is 88.9 Å². The molecule has 226 valence electrons. The summed E-state index contributed by atoms with van der Waals surface area (Å²) >= 11 is 1.19. The number of piperidine rings is 2. The van der Waals surface area contributed by atoms with Gasteiger partial charge in [-0.2, -0.15) is 0 Å². The molecule has 1 N–H and O–H groups in total. The highest BCUT2D eigenvalue weighted by molar-refractivity contribution is 7.17. The molecule has 11 heteroatoms. The fourth-order valence-corrected chi connectivity index (χ4v) is 7.10. The Balaban J connectivity index is 1.44. The van der Waals surface area contributed by atoms with Gasteiger partial charge in [0.25, 0.3) is 5.91 Å². The number of carbonyl (C=O) groups is 4. The molecular weight excluding hydrogens is 546 g/mol. The molecular formula is C30H43N3O7S. The Morgan fingerprint density at radius 2 is 1.90 bits per heavy atom. The van der Waals surface area contributed by atoms with Crippen molar-refractivity contribution in [2.45, 2.75) is 90.9 Å². The standard InChI is InChI=1S/C30H43N3O7S/c1-7-38-23(34)10-9-21-17-22(24(41-21)31-27(37)40-28(2,3)4)25(35)32-15-11-20(12-16-32)33-14-8-13-30(19-33)18-29(5,6)39-26(30)36/h9-10,17,20H,7-8,11-16,18-19H2,1-6H3,(H,31,37)/b10-9+. The van der Waals surface area contributed by atoms with E-state index in [0.29, 0.717) is 35.1 Å². The average Bonchev–Trinajstić information content (AvgIpc) is 3.37. The number of thiophene rings is 1. The van der Waals surface area contributed by atoms with Gasteiger partial charge >= 0.3 is 18.0 Å². The number of ether oxygens (including phenoxy) is 3. The molecule has 0 saturated carbocycles. The van der Waals surface area contributed by atoms with Crippen molar-refractivity contribution in [3.05, 3.63) is 22.6 Å². The van der Waals surface area contributed by atoms with Gasteiger partial charge in [0.2, 0.25) is 0 Å². The molecule has 0 aromatic carbocycles. The van der Waals surface area contributed by atoms with Crippen LogP contribution in [0.25, 0.3) is 6.08 Å². The fraction of sp³-hybridized carbons (Fsp3) is 0.667. The summed E-state index contributed by atoms with van der Waals surface area (Å²) in [5.74, 6) is -0.737. The highest BCUT2D eigenvalue weighted by atomic mass is 32.1. The summed E-state index contributed by atoms with van der Waals surface area (Å²) in [6.45, 7) is 14.1. The van der Waals surface area contributed by atoms with Crippen molar-refractivity contribution < 1.29 is 33.4 Å². The molecule has 10 nitrogen and oxygen atoms in total. The minimum atomic E-state index is -0.696. The molecule has 4 heterocycles. The van der Waals surface area contributed by atoms with E-state index in [1.165, 1.54) is 17.4 Å². The first-order valence-corrected chi connectivity index (χ1v) is 15.3. The van der Waals surface area contributed by atoms with Gasteiger partial charge in [-0.3, -0.25) is 19.8 Å². The van der Waals surface area contributed by atoms with E-state index in [4.69, 9.17) is 14.2 Å². The van der Waals surface area contributed by atoms with E-state index in [1.54, 1.807) is 39.8 Å². The van der Waals surface area contributed by atoms with Gasteiger partial charge in [-0.25, -0.2) is 9.59 Å². The minimum Gasteiger partial charge on any atom is -0.463 e. The van der Waals surface area contributed by atoms with Gasteiger partial charge in [-0.1, -0.05) is 0 Å². The number of hydrogen-bond acceptors (Lipinski definition) is 9. The van der Waals surface area contributed by atoms with E-state index in [2.05, 4.69) is 10.2 Å². The third kappa shape index (κ3) is 7.68. The molecule has 0 aliphatic carbocycles. The molecule has 0 radical (unpaired) electrons. The Morgan fingerprint density at radius 1 is 1.20 bits per heavy atom. The third-order valence-electron chi connectivity index (χ3n) is 7.71. The SMILES string of the molecule is CCOC(=O)/C=C/c1cc(C(=O)N2CCC(N3CCCC4(C3)CC(C)(C)OC4=O)CC2)c(NC(=O)OC(C)(C)C)s1. The normalized spacial score (nSPS) is 23.6. The first-order chi connectivity index (χ1) is 19.2. The van der Waals surface area contributed by atoms with Crippen LogP contribution in [0.2, 0.25) is 0 Å². The summed E-state index contributed by atoms with van der Waals surface area (Å²) in [6, 6.07) is 1.97. The van der Waals surface area contributed by atoms with Gasteiger partial charge in [-0.15, -0.1) is 11.3 Å². The number of cyclic esters (lactones) is 1. The number of nitrogens with zero attached hydrogens (tertiary/aromatic N) is 2. The summed E-state index contributed by atoms with van der Waals surface area (Å²) in [4.78, 5) is 55.7. The van der Waals surface area contributed by atoms with Gasteiger partial charge in [0.15, 0.2) is 0 Å². The maximum Gasteiger partial charge on any atom is 0.412 e. The fourth-order valence-electron chi connectivity index (χ4n) is 6.16. The van der Waals surface area contributed by atoms with Gasteiger partial charge in [0, 0.05) is 43.1 Å². The molecule has 41 heavy (non-hydrogen) atoms. The van der Waals surface area contributed by atoms with E-state index in [-0.39, 0.29) is 24.5 Å². The second kappa shape index (κ2) is 12.1. The summed E-state index contributed by atoms with van der Waals surface area (Å²) in [7, 11) is 0. The second-order valence-corrected chi connectivity index (χ2v) is 13.9. The maximum absolute atomic E-state index is 13.7. The molecule has 3 saturated heterocycles. The Labute approximate surface area is 246 Å². The minimum absolute atomic E-state index is 0.0740. The second-order valence-electron chi connectivity index (χ2n) is 12.8. The van der Waals surface area contributed by atoms with Gasteiger partial charge in [0.1, 0.15) is 16.2 Å². The number of amides is 2. The van der Waals surface area contributed by atoms with Crippen molar-refractivity contribution in [2.24, 2.45) is 5.41 Å². The Hall–Kier alpha value is -2.92.